The molecular weight excluding hydrogens is 272 g/mol. The van der Waals surface area contributed by atoms with Crippen LogP contribution in [0.2, 0.25) is 0 Å². The van der Waals surface area contributed by atoms with E-state index >= 15 is 0 Å². The van der Waals surface area contributed by atoms with Gasteiger partial charge in [0, 0.05) is 19.1 Å². The highest BCUT2D eigenvalue weighted by Gasteiger charge is 2.28. The highest BCUT2D eigenvalue weighted by molar-refractivity contribution is 7.89. The third-order valence-corrected chi connectivity index (χ3v) is 6.07. The van der Waals surface area contributed by atoms with Gasteiger partial charge in [0.15, 0.2) is 0 Å². The van der Waals surface area contributed by atoms with Gasteiger partial charge in [0.2, 0.25) is 10.0 Å². The first-order valence-electron chi connectivity index (χ1n) is 7.31. The van der Waals surface area contributed by atoms with Crippen LogP contribution >= 0.6 is 0 Å². The first kappa shape index (κ1) is 15.5. The molecule has 0 saturated carbocycles. The minimum absolute atomic E-state index is 0.157. The van der Waals surface area contributed by atoms with Gasteiger partial charge in [0.25, 0.3) is 0 Å². The van der Waals surface area contributed by atoms with Gasteiger partial charge in [-0.15, -0.1) is 0 Å². The second-order valence-electron chi connectivity index (χ2n) is 5.62. The van der Waals surface area contributed by atoms with Crippen LogP contribution in [0.1, 0.15) is 44.7 Å². The third-order valence-electron chi connectivity index (χ3n) is 4.17. The average molecular weight is 296 g/mol. The van der Waals surface area contributed by atoms with E-state index in [2.05, 4.69) is 6.92 Å². The van der Waals surface area contributed by atoms with Crippen molar-refractivity contribution in [3.63, 3.8) is 0 Å². The summed E-state index contributed by atoms with van der Waals surface area (Å²) in [7, 11) is -3.37. The molecule has 5 heteroatoms. The number of piperidine rings is 1. The number of hydrogen-bond donors (Lipinski definition) is 1. The van der Waals surface area contributed by atoms with Crippen LogP contribution < -0.4 is 5.73 Å². The molecule has 1 unspecified atom stereocenters. The molecular formula is C15H24N2O2S. The maximum absolute atomic E-state index is 12.6. The molecule has 0 amide bonds. The molecule has 2 rings (SSSR count). The van der Waals surface area contributed by atoms with E-state index in [1.807, 2.05) is 13.0 Å². The van der Waals surface area contributed by atoms with Crippen molar-refractivity contribution < 1.29 is 8.42 Å². The number of hydrogen-bond acceptors (Lipinski definition) is 3. The molecule has 112 valence electrons. The van der Waals surface area contributed by atoms with E-state index in [1.165, 1.54) is 0 Å². The number of rotatable bonds is 4. The van der Waals surface area contributed by atoms with Crippen LogP contribution in [-0.2, 0) is 10.0 Å². The first-order valence-corrected chi connectivity index (χ1v) is 8.75. The van der Waals surface area contributed by atoms with Gasteiger partial charge in [0.1, 0.15) is 0 Å². The van der Waals surface area contributed by atoms with E-state index in [9.17, 15) is 8.42 Å². The zero-order valence-electron chi connectivity index (χ0n) is 12.2. The standard InChI is InChI=1S/C15H24N2O2S/c1-3-13-7-9-17(10-8-13)20(18,19)15-6-4-5-14(11-15)12(2)16/h4-6,11-13H,3,7-10,16H2,1-2H3. The lowest BCUT2D eigenvalue weighted by Crippen LogP contribution is -2.38. The Kier molecular flexibility index (Phi) is 4.83. The Morgan fingerprint density at radius 1 is 1.35 bits per heavy atom. The van der Waals surface area contributed by atoms with Crippen molar-refractivity contribution in [2.24, 2.45) is 11.7 Å². The lowest BCUT2D eigenvalue weighted by molar-refractivity contribution is 0.269. The molecule has 1 heterocycles. The van der Waals surface area contributed by atoms with Crippen molar-refractivity contribution in [1.82, 2.24) is 4.31 Å². The minimum Gasteiger partial charge on any atom is -0.324 e. The molecule has 1 fully saturated rings. The predicted molar refractivity (Wildman–Crippen MR) is 80.8 cm³/mol. The van der Waals surface area contributed by atoms with Crippen LogP contribution in [0.4, 0.5) is 0 Å². The van der Waals surface area contributed by atoms with E-state index in [1.54, 1.807) is 22.5 Å². The van der Waals surface area contributed by atoms with Crippen LogP contribution in [0.15, 0.2) is 29.2 Å². The fourth-order valence-corrected chi connectivity index (χ4v) is 4.19. The third kappa shape index (κ3) is 3.22. The topological polar surface area (TPSA) is 63.4 Å². The maximum Gasteiger partial charge on any atom is 0.243 e. The van der Waals surface area contributed by atoms with Gasteiger partial charge in [-0.2, -0.15) is 4.31 Å². The van der Waals surface area contributed by atoms with E-state index in [-0.39, 0.29) is 6.04 Å². The summed E-state index contributed by atoms with van der Waals surface area (Å²) in [6.45, 7) is 5.28. The van der Waals surface area contributed by atoms with Crippen LogP contribution in [-0.4, -0.2) is 25.8 Å². The van der Waals surface area contributed by atoms with Crippen LogP contribution in [0.25, 0.3) is 0 Å². The Bertz CT molecular complexity index is 547. The second-order valence-corrected chi connectivity index (χ2v) is 7.55. The van der Waals surface area contributed by atoms with E-state index in [0.29, 0.717) is 23.9 Å². The molecule has 4 nitrogen and oxygen atoms in total. The highest BCUT2D eigenvalue weighted by Crippen LogP contribution is 2.26. The summed E-state index contributed by atoms with van der Waals surface area (Å²) in [6, 6.07) is 6.84. The smallest absolute Gasteiger partial charge is 0.243 e. The monoisotopic (exact) mass is 296 g/mol. The highest BCUT2D eigenvalue weighted by atomic mass is 32.2. The molecule has 0 aromatic heterocycles. The number of nitrogens with zero attached hydrogens (tertiary/aromatic N) is 1. The Hall–Kier alpha value is -0.910. The molecule has 1 aromatic rings. The van der Waals surface area contributed by atoms with Gasteiger partial charge < -0.3 is 5.73 Å². The van der Waals surface area contributed by atoms with Crippen molar-refractivity contribution in [2.45, 2.75) is 44.0 Å². The molecule has 1 atom stereocenters. The summed E-state index contributed by atoms with van der Waals surface area (Å²) in [5.41, 5.74) is 6.69. The Labute approximate surface area is 122 Å². The Morgan fingerprint density at radius 2 is 2.00 bits per heavy atom. The molecule has 0 radical (unpaired) electrons. The summed E-state index contributed by atoms with van der Waals surface area (Å²) < 4.78 is 26.9. The van der Waals surface area contributed by atoms with Gasteiger partial charge in [-0.25, -0.2) is 8.42 Å². The van der Waals surface area contributed by atoms with Gasteiger partial charge in [-0.3, -0.25) is 0 Å². The molecule has 2 N–H and O–H groups in total. The molecule has 1 aliphatic heterocycles. The fourth-order valence-electron chi connectivity index (χ4n) is 2.67. The minimum atomic E-state index is -3.37. The molecule has 1 aliphatic rings. The first-order chi connectivity index (χ1) is 9.45. The molecule has 0 spiro atoms. The lowest BCUT2D eigenvalue weighted by atomic mass is 9.96. The van der Waals surface area contributed by atoms with Crippen molar-refractivity contribution in [3.05, 3.63) is 29.8 Å². The zero-order chi connectivity index (χ0) is 14.8. The van der Waals surface area contributed by atoms with Gasteiger partial charge in [-0.1, -0.05) is 25.5 Å². The van der Waals surface area contributed by atoms with E-state index in [0.717, 1.165) is 24.8 Å². The van der Waals surface area contributed by atoms with Gasteiger partial charge >= 0.3 is 0 Å². The van der Waals surface area contributed by atoms with Gasteiger partial charge in [-0.05, 0) is 43.4 Å². The normalized spacial score (nSPS) is 19.9. The Balaban J connectivity index is 2.20. The fraction of sp³-hybridized carbons (Fsp3) is 0.600. The number of nitrogens with two attached hydrogens (primary N) is 1. The second kappa shape index (κ2) is 6.24. The van der Waals surface area contributed by atoms with Crippen molar-refractivity contribution in [1.29, 1.82) is 0 Å². The quantitative estimate of drug-likeness (QED) is 0.928. The molecule has 0 bridgehead atoms. The van der Waals surface area contributed by atoms with E-state index < -0.39 is 10.0 Å². The van der Waals surface area contributed by atoms with Gasteiger partial charge in [0.05, 0.1) is 4.90 Å². The summed E-state index contributed by atoms with van der Waals surface area (Å²) in [6.07, 6.45) is 3.06. The average Bonchev–Trinajstić information content (AvgIpc) is 2.47. The zero-order valence-corrected chi connectivity index (χ0v) is 13.1. The summed E-state index contributed by atoms with van der Waals surface area (Å²) in [5.74, 6) is 0.664. The van der Waals surface area contributed by atoms with Crippen LogP contribution in [0.5, 0.6) is 0 Å². The van der Waals surface area contributed by atoms with Crippen molar-refractivity contribution >= 4 is 10.0 Å². The predicted octanol–water partition coefficient (Wildman–Crippen LogP) is 2.52. The van der Waals surface area contributed by atoms with Crippen molar-refractivity contribution in [2.75, 3.05) is 13.1 Å². The summed E-state index contributed by atoms with van der Waals surface area (Å²) >= 11 is 0. The van der Waals surface area contributed by atoms with Crippen LogP contribution in [0.3, 0.4) is 0 Å². The molecule has 1 saturated heterocycles. The molecule has 0 aliphatic carbocycles. The van der Waals surface area contributed by atoms with E-state index in [4.69, 9.17) is 5.73 Å². The summed E-state index contributed by atoms with van der Waals surface area (Å²) in [5, 5.41) is 0. The lowest BCUT2D eigenvalue weighted by Gasteiger charge is -2.30. The maximum atomic E-state index is 12.6. The molecule has 1 aromatic carbocycles. The number of benzene rings is 1. The summed E-state index contributed by atoms with van der Waals surface area (Å²) in [4.78, 5) is 0.363. The van der Waals surface area contributed by atoms with Crippen molar-refractivity contribution in [3.8, 4) is 0 Å². The largest absolute Gasteiger partial charge is 0.324 e. The van der Waals surface area contributed by atoms with Crippen LogP contribution in [0, 0.1) is 5.92 Å². The SMILES string of the molecule is CCC1CCN(S(=O)(=O)c2cccc(C(C)N)c2)CC1. The molecule has 20 heavy (non-hydrogen) atoms. The Morgan fingerprint density at radius 3 is 2.55 bits per heavy atom. The number of sulfonamides is 1.